The van der Waals surface area contributed by atoms with Gasteiger partial charge in [0, 0.05) is 29.1 Å². The van der Waals surface area contributed by atoms with Gasteiger partial charge in [-0.25, -0.2) is 4.79 Å². The van der Waals surface area contributed by atoms with Gasteiger partial charge in [0.15, 0.2) is 5.58 Å². The zero-order valence-corrected chi connectivity index (χ0v) is 13.5. The van der Waals surface area contributed by atoms with Gasteiger partial charge < -0.3 is 8.82 Å². The third-order valence-electron chi connectivity index (χ3n) is 4.72. The standard InChI is InChI=1S/C22H15NO2/c24-22-17-11-5-4-10-16(17)20-19(14-15-8-2-1-3-9-15)23-13-7-6-12-18(23)21(20)25-22/h1-13H,14H2. The smallest absolute Gasteiger partial charge is 0.344 e. The Kier molecular flexibility index (Phi) is 3.01. The van der Waals surface area contributed by atoms with Crippen molar-refractivity contribution in [3.63, 3.8) is 0 Å². The quantitative estimate of drug-likeness (QED) is 0.468. The van der Waals surface area contributed by atoms with Gasteiger partial charge in [-0.2, -0.15) is 0 Å². The largest absolute Gasteiger partial charge is 0.420 e. The lowest BCUT2D eigenvalue weighted by atomic mass is 10.0. The third kappa shape index (κ3) is 2.09. The van der Waals surface area contributed by atoms with E-state index < -0.39 is 0 Å². The van der Waals surface area contributed by atoms with Crippen molar-refractivity contribution in [3.05, 3.63) is 101 Å². The van der Waals surface area contributed by atoms with Crippen molar-refractivity contribution in [2.75, 3.05) is 0 Å². The minimum Gasteiger partial charge on any atom is -0.420 e. The van der Waals surface area contributed by atoms with Crippen LogP contribution in [0.15, 0.2) is 88.2 Å². The van der Waals surface area contributed by atoms with Crippen LogP contribution in [0.5, 0.6) is 0 Å². The van der Waals surface area contributed by atoms with Gasteiger partial charge in [-0.3, -0.25) is 0 Å². The first-order valence-corrected chi connectivity index (χ1v) is 8.30. The Morgan fingerprint density at radius 1 is 0.800 bits per heavy atom. The highest BCUT2D eigenvalue weighted by molar-refractivity contribution is 6.11. The number of fused-ring (bicyclic) bond motifs is 5. The van der Waals surface area contributed by atoms with Crippen molar-refractivity contribution >= 4 is 27.3 Å². The maximum atomic E-state index is 12.4. The lowest BCUT2D eigenvalue weighted by Crippen LogP contribution is -1.99. The summed E-state index contributed by atoms with van der Waals surface area (Å²) < 4.78 is 7.86. The molecule has 0 radical (unpaired) electrons. The molecule has 5 rings (SSSR count). The summed E-state index contributed by atoms with van der Waals surface area (Å²) in [4.78, 5) is 12.4. The summed E-state index contributed by atoms with van der Waals surface area (Å²) in [6.45, 7) is 0. The Morgan fingerprint density at radius 3 is 2.36 bits per heavy atom. The molecule has 0 amide bonds. The van der Waals surface area contributed by atoms with E-state index in [0.717, 1.165) is 28.4 Å². The molecular weight excluding hydrogens is 310 g/mol. The first-order chi connectivity index (χ1) is 12.3. The molecular formula is C22H15NO2. The summed E-state index contributed by atoms with van der Waals surface area (Å²) in [5.74, 6) is 0. The van der Waals surface area contributed by atoms with E-state index in [1.165, 1.54) is 5.56 Å². The van der Waals surface area contributed by atoms with Gasteiger partial charge in [0.05, 0.1) is 10.9 Å². The molecule has 3 nitrogen and oxygen atoms in total. The number of benzene rings is 2. The summed E-state index contributed by atoms with van der Waals surface area (Å²) in [5, 5.41) is 2.59. The van der Waals surface area contributed by atoms with Crippen molar-refractivity contribution in [1.29, 1.82) is 0 Å². The van der Waals surface area contributed by atoms with E-state index in [1.54, 1.807) is 0 Å². The number of hydrogen-bond donors (Lipinski definition) is 0. The van der Waals surface area contributed by atoms with Crippen molar-refractivity contribution in [2.45, 2.75) is 6.42 Å². The lowest BCUT2D eigenvalue weighted by molar-refractivity contribution is 0.573. The van der Waals surface area contributed by atoms with Crippen LogP contribution in [0.1, 0.15) is 11.3 Å². The fraction of sp³-hybridized carbons (Fsp3) is 0.0455. The molecule has 5 aromatic rings. The predicted molar refractivity (Wildman–Crippen MR) is 100 cm³/mol. The minimum absolute atomic E-state index is 0.286. The Balaban J connectivity index is 1.96. The van der Waals surface area contributed by atoms with Gasteiger partial charge in [-0.1, -0.05) is 54.6 Å². The maximum Gasteiger partial charge on any atom is 0.344 e. The number of pyridine rings is 1. The Morgan fingerprint density at radius 2 is 1.52 bits per heavy atom. The second-order valence-electron chi connectivity index (χ2n) is 6.20. The van der Waals surface area contributed by atoms with Crippen LogP contribution in [-0.4, -0.2) is 4.40 Å². The molecule has 0 aliphatic heterocycles. The fourth-order valence-electron chi connectivity index (χ4n) is 3.61. The normalized spacial score (nSPS) is 11.5. The van der Waals surface area contributed by atoms with E-state index in [2.05, 4.69) is 16.5 Å². The van der Waals surface area contributed by atoms with Gasteiger partial charge in [-0.15, -0.1) is 0 Å². The molecule has 0 N–H and O–H groups in total. The summed E-state index contributed by atoms with van der Waals surface area (Å²) in [6.07, 6.45) is 2.80. The van der Waals surface area contributed by atoms with E-state index >= 15 is 0 Å². The fourth-order valence-corrected chi connectivity index (χ4v) is 3.61. The van der Waals surface area contributed by atoms with Crippen molar-refractivity contribution in [3.8, 4) is 0 Å². The molecule has 0 saturated carbocycles. The highest BCUT2D eigenvalue weighted by Gasteiger charge is 2.18. The van der Waals surface area contributed by atoms with Gasteiger partial charge in [-0.05, 0) is 23.8 Å². The first kappa shape index (κ1) is 14.1. The van der Waals surface area contributed by atoms with E-state index in [9.17, 15) is 4.79 Å². The van der Waals surface area contributed by atoms with E-state index in [-0.39, 0.29) is 5.63 Å². The molecule has 3 heterocycles. The minimum atomic E-state index is -0.286. The molecule has 0 unspecified atom stereocenters. The number of rotatable bonds is 2. The van der Waals surface area contributed by atoms with Crippen LogP contribution < -0.4 is 5.63 Å². The molecule has 0 spiro atoms. The average molecular weight is 325 g/mol. The van der Waals surface area contributed by atoms with E-state index in [4.69, 9.17) is 4.42 Å². The summed E-state index contributed by atoms with van der Waals surface area (Å²) in [6, 6.07) is 24.0. The molecule has 2 aromatic carbocycles. The molecule has 0 fully saturated rings. The lowest BCUT2D eigenvalue weighted by Gasteiger charge is -2.05. The molecule has 0 saturated heterocycles. The van der Waals surface area contributed by atoms with Gasteiger partial charge in [0.25, 0.3) is 0 Å². The van der Waals surface area contributed by atoms with Crippen LogP contribution in [0.2, 0.25) is 0 Å². The average Bonchev–Trinajstić information content (AvgIpc) is 2.97. The summed E-state index contributed by atoms with van der Waals surface area (Å²) in [7, 11) is 0. The molecule has 0 bridgehead atoms. The molecule has 120 valence electrons. The Labute approximate surface area is 143 Å². The molecule has 0 atom stereocenters. The molecule has 3 aromatic heterocycles. The monoisotopic (exact) mass is 325 g/mol. The molecule has 0 aliphatic carbocycles. The maximum absolute atomic E-state index is 12.4. The molecule has 3 heteroatoms. The SMILES string of the molecule is O=c1oc2c(c(Cc3ccccc3)n3ccccc23)c2ccccc12. The van der Waals surface area contributed by atoms with E-state index in [1.807, 2.05) is 66.9 Å². The number of aromatic nitrogens is 1. The zero-order valence-electron chi connectivity index (χ0n) is 13.5. The van der Waals surface area contributed by atoms with Crippen molar-refractivity contribution in [2.24, 2.45) is 0 Å². The van der Waals surface area contributed by atoms with Gasteiger partial charge in [0.2, 0.25) is 0 Å². The van der Waals surface area contributed by atoms with Gasteiger partial charge in [0.1, 0.15) is 0 Å². The van der Waals surface area contributed by atoms with Crippen LogP contribution in [0.4, 0.5) is 0 Å². The van der Waals surface area contributed by atoms with Crippen LogP contribution in [-0.2, 0) is 6.42 Å². The second-order valence-corrected chi connectivity index (χ2v) is 6.20. The highest BCUT2D eigenvalue weighted by atomic mass is 16.4. The van der Waals surface area contributed by atoms with Crippen molar-refractivity contribution in [1.82, 2.24) is 4.40 Å². The van der Waals surface area contributed by atoms with Gasteiger partial charge >= 0.3 is 5.63 Å². The first-order valence-electron chi connectivity index (χ1n) is 8.30. The summed E-state index contributed by atoms with van der Waals surface area (Å²) >= 11 is 0. The van der Waals surface area contributed by atoms with Crippen LogP contribution in [0.3, 0.4) is 0 Å². The molecule has 25 heavy (non-hydrogen) atoms. The zero-order chi connectivity index (χ0) is 16.8. The third-order valence-corrected chi connectivity index (χ3v) is 4.72. The summed E-state index contributed by atoms with van der Waals surface area (Å²) in [5.41, 5.74) is 3.66. The Bertz CT molecular complexity index is 1280. The topological polar surface area (TPSA) is 34.6 Å². The van der Waals surface area contributed by atoms with E-state index in [0.29, 0.717) is 11.0 Å². The van der Waals surface area contributed by atoms with Crippen LogP contribution in [0.25, 0.3) is 27.3 Å². The Hall–Kier alpha value is -3.33. The highest BCUT2D eigenvalue weighted by Crippen LogP contribution is 2.32. The van der Waals surface area contributed by atoms with Crippen molar-refractivity contribution < 1.29 is 4.42 Å². The van der Waals surface area contributed by atoms with Crippen LogP contribution >= 0.6 is 0 Å². The number of nitrogens with zero attached hydrogens (tertiary/aromatic N) is 1. The molecule has 0 aliphatic rings. The second kappa shape index (κ2) is 5.35. The van der Waals surface area contributed by atoms with Crippen LogP contribution in [0, 0.1) is 0 Å². The predicted octanol–water partition coefficient (Wildman–Crippen LogP) is 4.79. The number of hydrogen-bond acceptors (Lipinski definition) is 2.